The number of halogens is 3. The van der Waals surface area contributed by atoms with Crippen LogP contribution in [0.5, 0.6) is 0 Å². The van der Waals surface area contributed by atoms with Crippen LogP contribution in [0.1, 0.15) is 18.1 Å². The Balaban J connectivity index is 2.13. The van der Waals surface area contributed by atoms with Gasteiger partial charge in [-0.2, -0.15) is 13.2 Å². The van der Waals surface area contributed by atoms with E-state index in [2.05, 4.69) is 4.99 Å². The van der Waals surface area contributed by atoms with Crippen LogP contribution in [0.3, 0.4) is 0 Å². The Labute approximate surface area is 153 Å². The van der Waals surface area contributed by atoms with Crippen molar-refractivity contribution >= 4 is 17.6 Å². The molecule has 1 aliphatic heterocycles. The molecule has 0 unspecified atom stereocenters. The molecule has 1 atom stereocenters. The third-order valence-electron chi connectivity index (χ3n) is 4.07. The number of hydrogen-bond donors (Lipinski definition) is 1. The van der Waals surface area contributed by atoms with Gasteiger partial charge < -0.3 is 5.32 Å². The Morgan fingerprint density at radius 3 is 2.15 bits per heavy atom. The topological polar surface area (TPSA) is 61.8 Å². The van der Waals surface area contributed by atoms with Crippen LogP contribution in [-0.2, 0) is 16.1 Å². The average Bonchev–Trinajstić information content (AvgIpc) is 2.90. The van der Waals surface area contributed by atoms with Gasteiger partial charge in [0.2, 0.25) is 5.91 Å². The van der Waals surface area contributed by atoms with E-state index in [0.29, 0.717) is 11.1 Å². The Morgan fingerprint density at radius 1 is 1.07 bits per heavy atom. The van der Waals surface area contributed by atoms with E-state index in [0.717, 1.165) is 11.8 Å². The number of benzene rings is 2. The number of rotatable bonds is 4. The number of carbonyl (C=O) groups is 2. The minimum absolute atomic E-state index is 0.106. The number of alkyl halides is 3. The summed E-state index contributed by atoms with van der Waals surface area (Å²) in [5.41, 5.74) is -2.35. The Kier molecular flexibility index (Phi) is 4.73. The number of nitrogens with zero attached hydrogens (tertiary/aromatic N) is 2. The molecule has 0 fully saturated rings. The van der Waals surface area contributed by atoms with Gasteiger partial charge in [0.1, 0.15) is 5.84 Å². The lowest BCUT2D eigenvalue weighted by atomic mass is 10.1. The van der Waals surface area contributed by atoms with Gasteiger partial charge in [-0.25, -0.2) is 4.99 Å². The minimum atomic E-state index is -5.10. The van der Waals surface area contributed by atoms with E-state index in [4.69, 9.17) is 0 Å². The fraction of sp³-hybridized carbons (Fsp3) is 0.211. The van der Waals surface area contributed by atoms with Gasteiger partial charge in [-0.05, 0) is 5.56 Å². The monoisotopic (exact) mass is 375 g/mol. The highest BCUT2D eigenvalue weighted by atomic mass is 19.4. The zero-order valence-electron chi connectivity index (χ0n) is 14.3. The summed E-state index contributed by atoms with van der Waals surface area (Å²) in [7, 11) is 0. The van der Waals surface area contributed by atoms with Gasteiger partial charge in [0, 0.05) is 12.5 Å². The van der Waals surface area contributed by atoms with Gasteiger partial charge >= 0.3 is 11.8 Å². The van der Waals surface area contributed by atoms with E-state index in [1.54, 1.807) is 66.0 Å². The van der Waals surface area contributed by atoms with Crippen LogP contribution in [0.15, 0.2) is 65.7 Å². The Bertz CT molecular complexity index is 882. The second-order valence-electron chi connectivity index (χ2n) is 6.07. The van der Waals surface area contributed by atoms with E-state index >= 15 is 0 Å². The van der Waals surface area contributed by atoms with E-state index < -0.39 is 23.7 Å². The standard InChI is InChI=1S/C19H16F3N3O2/c1-13(26)23-18(19(20,21)22)17(27)25(12-14-8-4-2-5-9-14)16(24-18)15-10-6-3-7-11-15/h2-11H,12H2,1H3,(H,23,26)/t18-/m0/s1. The van der Waals surface area contributed by atoms with Gasteiger partial charge in [0.05, 0.1) is 6.54 Å². The van der Waals surface area contributed by atoms with E-state index in [-0.39, 0.29) is 12.4 Å². The lowest BCUT2D eigenvalue weighted by Crippen LogP contribution is -2.62. The zero-order chi connectivity index (χ0) is 19.7. The van der Waals surface area contributed by atoms with Gasteiger partial charge in [-0.3, -0.25) is 14.5 Å². The lowest BCUT2D eigenvalue weighted by Gasteiger charge is -2.28. The fourth-order valence-electron chi connectivity index (χ4n) is 2.87. The maximum atomic E-state index is 13.9. The number of aliphatic imine (C=N–C) groups is 1. The molecule has 0 bridgehead atoms. The largest absolute Gasteiger partial charge is 0.442 e. The molecule has 5 nitrogen and oxygen atoms in total. The molecule has 0 aliphatic carbocycles. The Morgan fingerprint density at radius 2 is 1.63 bits per heavy atom. The molecule has 3 rings (SSSR count). The molecule has 0 spiro atoms. The summed E-state index contributed by atoms with van der Waals surface area (Å²) < 4.78 is 41.6. The summed E-state index contributed by atoms with van der Waals surface area (Å²) in [6.45, 7) is 0.809. The van der Waals surface area contributed by atoms with Crippen LogP contribution in [-0.4, -0.2) is 34.4 Å². The molecule has 0 saturated heterocycles. The summed E-state index contributed by atoms with van der Waals surface area (Å²) in [6.07, 6.45) is -5.10. The molecule has 2 amide bonds. The molecule has 27 heavy (non-hydrogen) atoms. The van der Waals surface area contributed by atoms with Crippen molar-refractivity contribution < 1.29 is 22.8 Å². The normalized spacial score (nSPS) is 19.8. The molecule has 0 saturated carbocycles. The first-order chi connectivity index (χ1) is 12.7. The summed E-state index contributed by atoms with van der Waals surface area (Å²) in [4.78, 5) is 29.0. The molecule has 2 aromatic carbocycles. The summed E-state index contributed by atoms with van der Waals surface area (Å²) in [5.74, 6) is -2.48. The maximum Gasteiger partial charge on any atom is 0.442 e. The van der Waals surface area contributed by atoms with Crippen molar-refractivity contribution in [3.8, 4) is 0 Å². The molecule has 2 aromatic rings. The molecule has 0 aromatic heterocycles. The van der Waals surface area contributed by atoms with Crippen LogP contribution < -0.4 is 5.32 Å². The molecule has 1 heterocycles. The molecular formula is C19H16F3N3O2. The van der Waals surface area contributed by atoms with Gasteiger partial charge in [0.25, 0.3) is 5.91 Å². The van der Waals surface area contributed by atoms with Crippen molar-refractivity contribution in [2.45, 2.75) is 25.3 Å². The van der Waals surface area contributed by atoms with Crippen molar-refractivity contribution in [2.75, 3.05) is 0 Å². The lowest BCUT2D eigenvalue weighted by molar-refractivity contribution is -0.200. The highest BCUT2D eigenvalue weighted by molar-refractivity contribution is 6.16. The van der Waals surface area contributed by atoms with E-state index in [1.807, 2.05) is 0 Å². The fourth-order valence-corrected chi connectivity index (χ4v) is 2.87. The van der Waals surface area contributed by atoms with Crippen LogP contribution >= 0.6 is 0 Å². The van der Waals surface area contributed by atoms with Crippen LogP contribution in [0.4, 0.5) is 13.2 Å². The number of carbonyl (C=O) groups excluding carboxylic acids is 2. The number of amidine groups is 1. The summed E-state index contributed by atoms with van der Waals surface area (Å²) in [6, 6.07) is 16.7. The van der Waals surface area contributed by atoms with Crippen molar-refractivity contribution in [3.63, 3.8) is 0 Å². The molecule has 8 heteroatoms. The second kappa shape index (κ2) is 6.86. The third-order valence-corrected chi connectivity index (χ3v) is 4.07. The van der Waals surface area contributed by atoms with Crippen LogP contribution in [0, 0.1) is 0 Å². The SMILES string of the molecule is CC(=O)N[C@]1(C(F)(F)F)N=C(c2ccccc2)N(Cc2ccccc2)C1=O. The summed E-state index contributed by atoms with van der Waals surface area (Å²) in [5, 5.41) is 1.72. The van der Waals surface area contributed by atoms with Crippen molar-refractivity contribution in [3.05, 3.63) is 71.8 Å². The Hall–Kier alpha value is -3.16. The predicted molar refractivity (Wildman–Crippen MR) is 92.6 cm³/mol. The highest BCUT2D eigenvalue weighted by Gasteiger charge is 2.66. The van der Waals surface area contributed by atoms with Crippen molar-refractivity contribution in [2.24, 2.45) is 4.99 Å². The third kappa shape index (κ3) is 3.42. The van der Waals surface area contributed by atoms with Crippen molar-refractivity contribution in [1.82, 2.24) is 10.2 Å². The summed E-state index contributed by atoms with van der Waals surface area (Å²) >= 11 is 0. The molecule has 1 aliphatic rings. The quantitative estimate of drug-likeness (QED) is 0.893. The highest BCUT2D eigenvalue weighted by Crippen LogP contribution is 2.38. The molecular weight excluding hydrogens is 359 g/mol. The first-order valence-electron chi connectivity index (χ1n) is 8.11. The van der Waals surface area contributed by atoms with Crippen molar-refractivity contribution in [1.29, 1.82) is 0 Å². The number of hydrogen-bond acceptors (Lipinski definition) is 3. The van der Waals surface area contributed by atoms with E-state index in [1.165, 1.54) is 0 Å². The molecule has 1 N–H and O–H groups in total. The predicted octanol–water partition coefficient (Wildman–Crippen LogP) is 2.87. The number of amides is 2. The molecule has 140 valence electrons. The zero-order valence-corrected chi connectivity index (χ0v) is 14.3. The maximum absolute atomic E-state index is 13.9. The first-order valence-corrected chi connectivity index (χ1v) is 8.11. The van der Waals surface area contributed by atoms with Gasteiger partial charge in [0.15, 0.2) is 0 Å². The van der Waals surface area contributed by atoms with E-state index in [9.17, 15) is 22.8 Å². The molecule has 0 radical (unpaired) electrons. The van der Waals surface area contributed by atoms with Crippen LogP contribution in [0.2, 0.25) is 0 Å². The van der Waals surface area contributed by atoms with Crippen LogP contribution in [0.25, 0.3) is 0 Å². The smallest absolute Gasteiger partial charge is 0.317 e. The van der Waals surface area contributed by atoms with Gasteiger partial charge in [-0.1, -0.05) is 60.7 Å². The number of nitrogens with one attached hydrogen (secondary N) is 1. The minimum Gasteiger partial charge on any atom is -0.317 e. The first kappa shape index (κ1) is 18.6. The average molecular weight is 375 g/mol. The van der Waals surface area contributed by atoms with Gasteiger partial charge in [-0.15, -0.1) is 0 Å². The second-order valence-corrected chi connectivity index (χ2v) is 6.07.